The summed E-state index contributed by atoms with van der Waals surface area (Å²) in [5, 5.41) is 3.02. The molecule has 26 heavy (non-hydrogen) atoms. The van der Waals surface area contributed by atoms with E-state index in [1.165, 1.54) is 18.5 Å². The number of aryl methyl sites for hydroxylation is 1. The van der Waals surface area contributed by atoms with Crippen LogP contribution in [-0.2, 0) is 16.0 Å². The Bertz CT molecular complexity index is 565. The number of amides is 1. The predicted molar refractivity (Wildman–Crippen MR) is 105 cm³/mol. The summed E-state index contributed by atoms with van der Waals surface area (Å²) in [5.41, 5.74) is 1.51. The molecule has 2 aliphatic heterocycles. The van der Waals surface area contributed by atoms with Gasteiger partial charge >= 0.3 is 0 Å². The summed E-state index contributed by atoms with van der Waals surface area (Å²) in [4.78, 5) is 14.3. The van der Waals surface area contributed by atoms with Crippen molar-refractivity contribution in [1.29, 1.82) is 0 Å². The van der Waals surface area contributed by atoms with Crippen molar-refractivity contribution in [2.75, 3.05) is 26.2 Å². The summed E-state index contributed by atoms with van der Waals surface area (Å²) in [7, 11) is 0. The standard InChI is InChI=1S/C22H34N2O2/c1-18(2)21(25)23-17-20-10-11-22(26-20)12-15-24(16-13-22)14-6-9-19-7-4-3-5-8-19/h3-5,7-8,18,20H,6,9-17H2,1-2H3,(H,23,25)/t20-/m0/s1. The molecule has 2 fully saturated rings. The molecule has 2 aliphatic rings. The molecule has 1 aromatic rings. The summed E-state index contributed by atoms with van der Waals surface area (Å²) in [6.07, 6.45) is 7.07. The van der Waals surface area contributed by atoms with E-state index in [-0.39, 0.29) is 23.5 Å². The maximum Gasteiger partial charge on any atom is 0.222 e. The largest absolute Gasteiger partial charge is 0.370 e. The van der Waals surface area contributed by atoms with Crippen LogP contribution in [0.2, 0.25) is 0 Å². The zero-order valence-corrected chi connectivity index (χ0v) is 16.4. The van der Waals surface area contributed by atoms with Gasteiger partial charge in [0.05, 0.1) is 11.7 Å². The first-order valence-electron chi connectivity index (χ1n) is 10.3. The first-order valence-corrected chi connectivity index (χ1v) is 10.3. The molecule has 1 atom stereocenters. The minimum absolute atomic E-state index is 0.0458. The Kier molecular flexibility index (Phi) is 6.71. The molecule has 4 nitrogen and oxygen atoms in total. The van der Waals surface area contributed by atoms with Gasteiger partial charge in [-0.15, -0.1) is 0 Å². The molecule has 0 bridgehead atoms. The molecule has 3 rings (SSSR count). The molecule has 0 aliphatic carbocycles. The number of hydrogen-bond donors (Lipinski definition) is 1. The van der Waals surface area contributed by atoms with Crippen molar-refractivity contribution in [2.24, 2.45) is 5.92 Å². The maximum absolute atomic E-state index is 11.7. The topological polar surface area (TPSA) is 41.6 Å². The van der Waals surface area contributed by atoms with E-state index in [0.717, 1.165) is 45.2 Å². The van der Waals surface area contributed by atoms with Crippen LogP contribution in [0.3, 0.4) is 0 Å². The number of carbonyl (C=O) groups excluding carboxylic acids is 1. The number of benzene rings is 1. The van der Waals surface area contributed by atoms with Gasteiger partial charge in [-0.2, -0.15) is 0 Å². The average Bonchev–Trinajstić information content (AvgIpc) is 3.05. The van der Waals surface area contributed by atoms with Crippen LogP contribution in [-0.4, -0.2) is 48.7 Å². The van der Waals surface area contributed by atoms with Crippen LogP contribution in [0.25, 0.3) is 0 Å². The van der Waals surface area contributed by atoms with Gasteiger partial charge in [0.1, 0.15) is 0 Å². The van der Waals surface area contributed by atoms with Crippen LogP contribution >= 0.6 is 0 Å². The van der Waals surface area contributed by atoms with Crippen LogP contribution in [0, 0.1) is 5.92 Å². The fourth-order valence-electron chi connectivity index (χ4n) is 4.16. The van der Waals surface area contributed by atoms with Gasteiger partial charge in [-0.25, -0.2) is 0 Å². The van der Waals surface area contributed by atoms with Crippen molar-refractivity contribution in [3.05, 3.63) is 35.9 Å². The highest BCUT2D eigenvalue weighted by Gasteiger charge is 2.42. The lowest BCUT2D eigenvalue weighted by atomic mass is 9.88. The van der Waals surface area contributed by atoms with Gasteiger partial charge in [0.15, 0.2) is 0 Å². The second-order valence-corrected chi connectivity index (χ2v) is 8.29. The summed E-state index contributed by atoms with van der Waals surface area (Å²) in [5.74, 6) is 0.173. The summed E-state index contributed by atoms with van der Waals surface area (Å²) >= 11 is 0. The van der Waals surface area contributed by atoms with Gasteiger partial charge in [-0.3, -0.25) is 4.79 Å². The number of hydrogen-bond acceptors (Lipinski definition) is 3. The fraction of sp³-hybridized carbons (Fsp3) is 0.682. The number of likely N-dealkylation sites (tertiary alicyclic amines) is 1. The normalized spacial score (nSPS) is 22.8. The minimum Gasteiger partial charge on any atom is -0.370 e. The molecule has 4 heteroatoms. The van der Waals surface area contributed by atoms with Crippen LogP contribution in [0.4, 0.5) is 0 Å². The third kappa shape index (κ3) is 5.31. The number of piperidine rings is 1. The zero-order valence-electron chi connectivity index (χ0n) is 16.4. The van der Waals surface area contributed by atoms with E-state index in [1.54, 1.807) is 0 Å². The summed E-state index contributed by atoms with van der Waals surface area (Å²) < 4.78 is 6.40. The number of ether oxygens (including phenoxy) is 1. The molecule has 0 radical (unpaired) electrons. The molecular formula is C22H34N2O2. The molecule has 2 heterocycles. The third-order valence-corrected chi connectivity index (χ3v) is 5.92. The Morgan fingerprint density at radius 1 is 1.23 bits per heavy atom. The first kappa shape index (κ1) is 19.4. The Labute approximate surface area is 158 Å². The van der Waals surface area contributed by atoms with E-state index in [9.17, 15) is 4.79 Å². The lowest BCUT2D eigenvalue weighted by Crippen LogP contribution is -2.45. The van der Waals surface area contributed by atoms with Crippen molar-refractivity contribution in [2.45, 2.75) is 64.1 Å². The van der Waals surface area contributed by atoms with Crippen molar-refractivity contribution >= 4 is 5.91 Å². The number of rotatable bonds is 7. The highest BCUT2D eigenvalue weighted by Crippen LogP contribution is 2.38. The van der Waals surface area contributed by atoms with Crippen LogP contribution < -0.4 is 5.32 Å². The second kappa shape index (κ2) is 9.01. The van der Waals surface area contributed by atoms with Crippen molar-refractivity contribution < 1.29 is 9.53 Å². The summed E-state index contributed by atoms with van der Waals surface area (Å²) in [6, 6.07) is 10.8. The molecule has 144 valence electrons. The minimum atomic E-state index is 0.0458. The molecule has 1 spiro atoms. The Hall–Kier alpha value is -1.39. The quantitative estimate of drug-likeness (QED) is 0.812. The second-order valence-electron chi connectivity index (χ2n) is 8.29. The molecule has 2 saturated heterocycles. The Morgan fingerprint density at radius 2 is 1.96 bits per heavy atom. The molecule has 1 aromatic carbocycles. The summed E-state index contributed by atoms with van der Waals surface area (Å²) in [6.45, 7) is 7.98. The Balaban J connectivity index is 1.35. The van der Waals surface area contributed by atoms with Gasteiger partial charge in [0.25, 0.3) is 0 Å². The van der Waals surface area contributed by atoms with Gasteiger partial charge in [-0.1, -0.05) is 44.2 Å². The molecule has 0 saturated carbocycles. The highest BCUT2D eigenvalue weighted by molar-refractivity contribution is 5.77. The molecule has 0 unspecified atom stereocenters. The maximum atomic E-state index is 11.7. The highest BCUT2D eigenvalue weighted by atomic mass is 16.5. The van der Waals surface area contributed by atoms with Gasteiger partial charge in [0.2, 0.25) is 5.91 Å². The molecule has 1 amide bonds. The monoisotopic (exact) mass is 358 g/mol. The smallest absolute Gasteiger partial charge is 0.222 e. The number of carbonyl (C=O) groups is 1. The van der Waals surface area contributed by atoms with Crippen LogP contribution in [0.5, 0.6) is 0 Å². The van der Waals surface area contributed by atoms with Crippen molar-refractivity contribution in [3.63, 3.8) is 0 Å². The first-order chi connectivity index (χ1) is 12.6. The van der Waals surface area contributed by atoms with Crippen LogP contribution in [0.1, 0.15) is 51.5 Å². The Morgan fingerprint density at radius 3 is 2.65 bits per heavy atom. The van der Waals surface area contributed by atoms with E-state index in [0.29, 0.717) is 6.54 Å². The van der Waals surface area contributed by atoms with Crippen molar-refractivity contribution in [3.8, 4) is 0 Å². The number of nitrogens with zero attached hydrogens (tertiary/aromatic N) is 1. The zero-order chi connectivity index (χ0) is 18.4. The van der Waals surface area contributed by atoms with E-state index >= 15 is 0 Å². The predicted octanol–water partition coefficient (Wildman–Crippen LogP) is 3.41. The molecule has 1 N–H and O–H groups in total. The number of nitrogens with one attached hydrogen (secondary N) is 1. The van der Waals surface area contributed by atoms with Gasteiger partial charge < -0.3 is 15.0 Å². The van der Waals surface area contributed by atoms with E-state index in [1.807, 2.05) is 13.8 Å². The lowest BCUT2D eigenvalue weighted by Gasteiger charge is -2.39. The SMILES string of the molecule is CC(C)C(=O)NC[C@@H]1CCC2(CCN(CCCc3ccccc3)CC2)O1. The van der Waals surface area contributed by atoms with Gasteiger partial charge in [-0.05, 0) is 50.6 Å². The van der Waals surface area contributed by atoms with E-state index < -0.39 is 0 Å². The average molecular weight is 359 g/mol. The lowest BCUT2D eigenvalue weighted by molar-refractivity contribution is -0.125. The van der Waals surface area contributed by atoms with E-state index in [4.69, 9.17) is 4.74 Å². The van der Waals surface area contributed by atoms with Crippen molar-refractivity contribution in [1.82, 2.24) is 10.2 Å². The van der Waals surface area contributed by atoms with E-state index in [2.05, 4.69) is 40.5 Å². The molecule has 0 aromatic heterocycles. The third-order valence-electron chi connectivity index (χ3n) is 5.92. The van der Waals surface area contributed by atoms with Gasteiger partial charge in [0, 0.05) is 25.6 Å². The fourth-order valence-corrected chi connectivity index (χ4v) is 4.16. The van der Waals surface area contributed by atoms with Crippen LogP contribution in [0.15, 0.2) is 30.3 Å². The molecular weight excluding hydrogens is 324 g/mol.